The van der Waals surface area contributed by atoms with Crippen molar-refractivity contribution in [3.8, 4) is 0 Å². The van der Waals surface area contributed by atoms with Gasteiger partial charge < -0.3 is 4.90 Å². The number of amides is 1. The Hall–Kier alpha value is -1.89. The monoisotopic (exact) mass is 366 g/mol. The van der Waals surface area contributed by atoms with Crippen molar-refractivity contribution in [1.82, 2.24) is 9.62 Å². The molecule has 0 atom stereocenters. The molecule has 0 heterocycles. The van der Waals surface area contributed by atoms with E-state index in [-0.39, 0.29) is 23.8 Å². The summed E-state index contributed by atoms with van der Waals surface area (Å²) in [5, 5.41) is 0.344. The minimum atomic E-state index is -3.67. The number of nitrogens with zero attached hydrogens (tertiary/aromatic N) is 1. The summed E-state index contributed by atoms with van der Waals surface area (Å²) < 4.78 is 26.7. The molecule has 0 fully saturated rings. The Labute approximate surface area is 147 Å². The SMILES string of the molecule is CN(Cc1ccccc1)C(=O)CCNS(=O)(=O)c1cccc(Cl)c1. The summed E-state index contributed by atoms with van der Waals surface area (Å²) in [6.07, 6.45) is 0.0864. The first-order valence-corrected chi connectivity index (χ1v) is 9.28. The molecule has 7 heteroatoms. The maximum atomic E-state index is 12.1. The van der Waals surface area contributed by atoms with Gasteiger partial charge in [0.2, 0.25) is 15.9 Å². The number of carbonyl (C=O) groups is 1. The van der Waals surface area contributed by atoms with E-state index in [2.05, 4.69) is 4.72 Å². The Kier molecular flexibility index (Phi) is 6.36. The number of halogens is 1. The standard InChI is InChI=1S/C17H19ClN2O3S/c1-20(13-14-6-3-2-4-7-14)17(21)10-11-19-24(22,23)16-9-5-8-15(18)12-16/h2-9,12,19H,10-11,13H2,1H3. The highest BCUT2D eigenvalue weighted by molar-refractivity contribution is 7.89. The summed E-state index contributed by atoms with van der Waals surface area (Å²) in [6.45, 7) is 0.521. The van der Waals surface area contributed by atoms with Crippen molar-refractivity contribution in [1.29, 1.82) is 0 Å². The van der Waals surface area contributed by atoms with E-state index in [1.54, 1.807) is 24.1 Å². The van der Waals surface area contributed by atoms with Gasteiger partial charge in [-0.3, -0.25) is 4.79 Å². The summed E-state index contributed by atoms with van der Waals surface area (Å²) in [5.74, 6) is -0.132. The zero-order valence-electron chi connectivity index (χ0n) is 13.3. The van der Waals surface area contributed by atoms with E-state index in [1.165, 1.54) is 12.1 Å². The summed E-state index contributed by atoms with van der Waals surface area (Å²) in [6, 6.07) is 15.6. The number of nitrogens with one attached hydrogen (secondary N) is 1. The van der Waals surface area contributed by atoms with Gasteiger partial charge in [-0.2, -0.15) is 0 Å². The van der Waals surface area contributed by atoms with Crippen molar-refractivity contribution in [2.75, 3.05) is 13.6 Å². The molecule has 1 amide bonds. The summed E-state index contributed by atoms with van der Waals surface area (Å²) in [5.41, 5.74) is 1.02. The van der Waals surface area contributed by atoms with Crippen LogP contribution in [-0.2, 0) is 21.4 Å². The topological polar surface area (TPSA) is 66.5 Å². The minimum absolute atomic E-state index is 0.0345. The van der Waals surface area contributed by atoms with Crippen LogP contribution in [0.15, 0.2) is 59.5 Å². The van der Waals surface area contributed by atoms with Gasteiger partial charge in [0.05, 0.1) is 4.90 Å². The van der Waals surface area contributed by atoms with Crippen LogP contribution < -0.4 is 4.72 Å². The van der Waals surface area contributed by atoms with Crippen LogP contribution in [0.4, 0.5) is 0 Å². The molecule has 0 radical (unpaired) electrons. The zero-order valence-corrected chi connectivity index (χ0v) is 14.8. The Morgan fingerprint density at radius 3 is 2.50 bits per heavy atom. The summed E-state index contributed by atoms with van der Waals surface area (Å²) in [7, 11) is -1.97. The van der Waals surface area contributed by atoms with Crippen molar-refractivity contribution in [2.45, 2.75) is 17.9 Å². The normalized spacial score (nSPS) is 11.2. The Morgan fingerprint density at radius 1 is 1.12 bits per heavy atom. The van der Waals surface area contributed by atoms with Crippen LogP contribution >= 0.6 is 11.6 Å². The molecule has 0 aromatic heterocycles. The molecule has 0 aliphatic heterocycles. The summed E-state index contributed by atoms with van der Waals surface area (Å²) in [4.78, 5) is 13.7. The second-order valence-electron chi connectivity index (χ2n) is 5.34. The van der Waals surface area contributed by atoms with Crippen LogP contribution in [-0.4, -0.2) is 32.8 Å². The maximum absolute atomic E-state index is 12.1. The minimum Gasteiger partial charge on any atom is -0.341 e. The molecule has 5 nitrogen and oxygen atoms in total. The lowest BCUT2D eigenvalue weighted by molar-refractivity contribution is -0.130. The van der Waals surface area contributed by atoms with E-state index in [0.29, 0.717) is 11.6 Å². The van der Waals surface area contributed by atoms with E-state index in [1.807, 2.05) is 30.3 Å². The molecule has 2 aromatic carbocycles. The van der Waals surface area contributed by atoms with Crippen LogP contribution in [0.5, 0.6) is 0 Å². The van der Waals surface area contributed by atoms with Crippen LogP contribution in [0.2, 0.25) is 5.02 Å². The van der Waals surface area contributed by atoms with E-state index in [0.717, 1.165) is 5.56 Å². The number of rotatable bonds is 7. The quantitative estimate of drug-likeness (QED) is 0.819. The van der Waals surface area contributed by atoms with Crippen molar-refractivity contribution in [3.05, 3.63) is 65.2 Å². The summed E-state index contributed by atoms with van der Waals surface area (Å²) >= 11 is 5.80. The van der Waals surface area contributed by atoms with Crippen LogP contribution in [0.1, 0.15) is 12.0 Å². The second-order valence-corrected chi connectivity index (χ2v) is 7.54. The Bertz CT molecular complexity index is 794. The lowest BCUT2D eigenvalue weighted by atomic mass is 10.2. The van der Waals surface area contributed by atoms with Crippen molar-refractivity contribution >= 4 is 27.5 Å². The lowest BCUT2D eigenvalue weighted by Crippen LogP contribution is -2.31. The molecule has 128 valence electrons. The Morgan fingerprint density at radius 2 is 1.83 bits per heavy atom. The highest BCUT2D eigenvalue weighted by Crippen LogP contribution is 2.15. The largest absolute Gasteiger partial charge is 0.341 e. The third-order valence-corrected chi connectivity index (χ3v) is 5.12. The number of hydrogen-bond acceptors (Lipinski definition) is 3. The molecule has 1 N–H and O–H groups in total. The zero-order chi connectivity index (χ0) is 17.6. The van der Waals surface area contributed by atoms with Crippen LogP contribution in [0.25, 0.3) is 0 Å². The van der Waals surface area contributed by atoms with Gasteiger partial charge in [0.15, 0.2) is 0 Å². The van der Waals surface area contributed by atoms with Crippen molar-refractivity contribution in [3.63, 3.8) is 0 Å². The third-order valence-electron chi connectivity index (χ3n) is 3.43. The average Bonchev–Trinajstić information content (AvgIpc) is 2.55. The number of hydrogen-bond donors (Lipinski definition) is 1. The van der Waals surface area contributed by atoms with Gasteiger partial charge in [-0.25, -0.2) is 13.1 Å². The molecular formula is C17H19ClN2O3S. The van der Waals surface area contributed by atoms with Gasteiger partial charge in [-0.1, -0.05) is 48.0 Å². The molecule has 0 saturated carbocycles. The van der Waals surface area contributed by atoms with Crippen LogP contribution in [0.3, 0.4) is 0 Å². The fourth-order valence-corrected chi connectivity index (χ4v) is 3.48. The lowest BCUT2D eigenvalue weighted by Gasteiger charge is -2.17. The second kappa shape index (κ2) is 8.28. The number of sulfonamides is 1. The predicted octanol–water partition coefficient (Wildman–Crippen LogP) is 2.67. The van der Waals surface area contributed by atoms with Gasteiger partial charge in [0, 0.05) is 31.6 Å². The average molecular weight is 367 g/mol. The first kappa shape index (κ1) is 18.4. The number of benzene rings is 2. The van der Waals surface area contributed by atoms with Crippen LogP contribution in [0, 0.1) is 0 Å². The molecule has 0 saturated heterocycles. The van der Waals surface area contributed by atoms with Gasteiger partial charge in [0.25, 0.3) is 0 Å². The molecule has 0 aliphatic carbocycles. The molecule has 24 heavy (non-hydrogen) atoms. The van der Waals surface area contributed by atoms with Gasteiger partial charge >= 0.3 is 0 Å². The molecule has 0 bridgehead atoms. The molecule has 0 spiro atoms. The smallest absolute Gasteiger partial charge is 0.240 e. The van der Waals surface area contributed by atoms with Gasteiger partial charge in [-0.15, -0.1) is 0 Å². The van der Waals surface area contributed by atoms with E-state index >= 15 is 0 Å². The van der Waals surface area contributed by atoms with Gasteiger partial charge in [-0.05, 0) is 23.8 Å². The molecule has 2 rings (SSSR count). The maximum Gasteiger partial charge on any atom is 0.240 e. The molecule has 0 aliphatic rings. The third kappa shape index (κ3) is 5.33. The predicted molar refractivity (Wildman–Crippen MR) is 94.2 cm³/mol. The van der Waals surface area contributed by atoms with Crippen molar-refractivity contribution in [2.24, 2.45) is 0 Å². The van der Waals surface area contributed by atoms with Gasteiger partial charge in [0.1, 0.15) is 0 Å². The fraction of sp³-hybridized carbons (Fsp3) is 0.235. The first-order valence-electron chi connectivity index (χ1n) is 7.41. The molecule has 0 unspecified atom stereocenters. The Balaban J connectivity index is 1.85. The molecular weight excluding hydrogens is 348 g/mol. The van der Waals surface area contributed by atoms with Crippen molar-refractivity contribution < 1.29 is 13.2 Å². The molecule has 2 aromatic rings. The first-order chi connectivity index (χ1) is 11.4. The highest BCUT2D eigenvalue weighted by atomic mass is 35.5. The van der Waals surface area contributed by atoms with E-state index in [4.69, 9.17) is 11.6 Å². The highest BCUT2D eigenvalue weighted by Gasteiger charge is 2.15. The number of carbonyl (C=O) groups excluding carboxylic acids is 1. The fourth-order valence-electron chi connectivity index (χ4n) is 2.15. The van der Waals surface area contributed by atoms with E-state index < -0.39 is 10.0 Å². The van der Waals surface area contributed by atoms with E-state index in [9.17, 15) is 13.2 Å².